The van der Waals surface area contributed by atoms with Gasteiger partial charge in [0, 0.05) is 6.54 Å². The molecule has 1 unspecified atom stereocenters. The molecule has 0 aromatic carbocycles. The summed E-state index contributed by atoms with van der Waals surface area (Å²) in [7, 11) is 0. The van der Waals surface area contributed by atoms with Gasteiger partial charge in [-0.15, -0.1) is 0 Å². The normalized spacial score (nSPS) is 11.8. The number of amides is 1. The van der Waals surface area contributed by atoms with Gasteiger partial charge in [-0.05, 0) is 52.4 Å². The summed E-state index contributed by atoms with van der Waals surface area (Å²) in [4.78, 5) is 11.0. The fourth-order valence-electron chi connectivity index (χ4n) is 1.62. The third-order valence-corrected chi connectivity index (χ3v) is 2.63. The second-order valence-corrected chi connectivity index (χ2v) is 4.75. The van der Waals surface area contributed by atoms with Crippen LogP contribution in [-0.2, 0) is 4.74 Å². The second-order valence-electron chi connectivity index (χ2n) is 4.75. The van der Waals surface area contributed by atoms with E-state index in [0.717, 1.165) is 25.2 Å². The van der Waals surface area contributed by atoms with Gasteiger partial charge in [0.1, 0.15) is 0 Å². The van der Waals surface area contributed by atoms with E-state index in [0.29, 0.717) is 13.2 Å². The monoisotopic (exact) mass is 241 g/mol. The zero-order valence-corrected chi connectivity index (χ0v) is 11.7. The lowest BCUT2D eigenvalue weighted by atomic mass is 9.99. The van der Waals surface area contributed by atoms with Gasteiger partial charge in [0.25, 0.3) is 0 Å². The largest absolute Gasteiger partial charge is 0.450 e. The van der Waals surface area contributed by atoms with Crippen molar-refractivity contribution in [1.29, 1.82) is 0 Å². The van der Waals surface area contributed by atoms with Crippen LogP contribution in [0, 0.1) is 5.92 Å². The third kappa shape index (κ3) is 11.3. The van der Waals surface area contributed by atoms with Gasteiger partial charge >= 0.3 is 6.09 Å². The zero-order chi connectivity index (χ0) is 13.1. The van der Waals surface area contributed by atoms with Gasteiger partial charge in [0.05, 0.1) is 6.61 Å². The quantitative estimate of drug-likeness (QED) is 0.517. The van der Waals surface area contributed by atoms with Crippen LogP contribution in [0.3, 0.4) is 0 Å². The SMILES string of the molecule is CCOC(=O)NCCCC(C)CCC=C(C)C. The van der Waals surface area contributed by atoms with E-state index in [1.165, 1.54) is 12.0 Å². The number of allylic oxidation sites excluding steroid dienone is 2. The van der Waals surface area contributed by atoms with Crippen LogP contribution >= 0.6 is 0 Å². The molecule has 0 aliphatic heterocycles. The smallest absolute Gasteiger partial charge is 0.407 e. The molecule has 0 saturated carbocycles. The number of hydrogen-bond donors (Lipinski definition) is 1. The molecule has 0 aliphatic rings. The lowest BCUT2D eigenvalue weighted by Gasteiger charge is -2.10. The first-order valence-electron chi connectivity index (χ1n) is 6.60. The highest BCUT2D eigenvalue weighted by molar-refractivity contribution is 5.66. The third-order valence-electron chi connectivity index (χ3n) is 2.63. The van der Waals surface area contributed by atoms with Crippen LogP contribution in [-0.4, -0.2) is 19.2 Å². The van der Waals surface area contributed by atoms with Crippen molar-refractivity contribution in [1.82, 2.24) is 5.32 Å². The van der Waals surface area contributed by atoms with Gasteiger partial charge in [-0.2, -0.15) is 0 Å². The molecule has 1 N–H and O–H groups in total. The van der Waals surface area contributed by atoms with Crippen molar-refractivity contribution in [2.75, 3.05) is 13.2 Å². The van der Waals surface area contributed by atoms with E-state index < -0.39 is 0 Å². The summed E-state index contributed by atoms with van der Waals surface area (Å²) in [6.45, 7) is 9.49. The summed E-state index contributed by atoms with van der Waals surface area (Å²) >= 11 is 0. The highest BCUT2D eigenvalue weighted by atomic mass is 16.5. The maximum absolute atomic E-state index is 11.0. The van der Waals surface area contributed by atoms with E-state index in [2.05, 4.69) is 32.2 Å². The van der Waals surface area contributed by atoms with E-state index in [4.69, 9.17) is 4.74 Å². The average molecular weight is 241 g/mol. The van der Waals surface area contributed by atoms with Crippen molar-refractivity contribution < 1.29 is 9.53 Å². The highest BCUT2D eigenvalue weighted by Crippen LogP contribution is 2.13. The Balaban J connectivity index is 3.42. The Bertz CT molecular complexity index is 232. The van der Waals surface area contributed by atoms with Crippen molar-refractivity contribution in [3.63, 3.8) is 0 Å². The molecule has 3 nitrogen and oxygen atoms in total. The fourth-order valence-corrected chi connectivity index (χ4v) is 1.62. The molecule has 0 rings (SSSR count). The first-order chi connectivity index (χ1) is 8.06. The van der Waals surface area contributed by atoms with E-state index >= 15 is 0 Å². The van der Waals surface area contributed by atoms with E-state index in [9.17, 15) is 4.79 Å². The molecule has 0 fully saturated rings. The van der Waals surface area contributed by atoms with Crippen molar-refractivity contribution >= 4 is 6.09 Å². The first kappa shape index (κ1) is 16.0. The maximum Gasteiger partial charge on any atom is 0.407 e. The van der Waals surface area contributed by atoms with Gasteiger partial charge in [-0.25, -0.2) is 4.79 Å². The molecule has 0 bridgehead atoms. The molecule has 3 heteroatoms. The van der Waals surface area contributed by atoms with Crippen molar-refractivity contribution in [2.45, 2.75) is 53.4 Å². The van der Waals surface area contributed by atoms with E-state index in [1.54, 1.807) is 0 Å². The molecule has 0 aliphatic carbocycles. The van der Waals surface area contributed by atoms with Crippen molar-refractivity contribution in [3.8, 4) is 0 Å². The topological polar surface area (TPSA) is 38.3 Å². The Hall–Kier alpha value is -0.990. The predicted molar refractivity (Wildman–Crippen MR) is 72.1 cm³/mol. The molecule has 0 aromatic heterocycles. The molecule has 100 valence electrons. The molecular weight excluding hydrogens is 214 g/mol. The lowest BCUT2D eigenvalue weighted by Crippen LogP contribution is -2.25. The zero-order valence-electron chi connectivity index (χ0n) is 11.7. The number of alkyl carbamates (subject to hydrolysis) is 1. The van der Waals surface area contributed by atoms with Gasteiger partial charge in [0.2, 0.25) is 0 Å². The van der Waals surface area contributed by atoms with Gasteiger partial charge < -0.3 is 10.1 Å². The summed E-state index contributed by atoms with van der Waals surface area (Å²) in [5.41, 5.74) is 1.39. The van der Waals surface area contributed by atoms with Crippen LogP contribution in [0.1, 0.15) is 53.4 Å². The Kier molecular flexibility index (Phi) is 9.59. The van der Waals surface area contributed by atoms with E-state index in [1.807, 2.05) is 6.92 Å². The van der Waals surface area contributed by atoms with Crippen LogP contribution in [0.15, 0.2) is 11.6 Å². The van der Waals surface area contributed by atoms with Gasteiger partial charge in [0.15, 0.2) is 0 Å². The second kappa shape index (κ2) is 10.2. The molecule has 1 atom stereocenters. The standard InChI is InChI=1S/C14H27NO2/c1-5-17-14(16)15-11-7-10-13(4)9-6-8-12(2)3/h8,13H,5-7,9-11H2,1-4H3,(H,15,16). The Morgan fingerprint density at radius 1 is 1.35 bits per heavy atom. The molecule has 0 radical (unpaired) electrons. The number of hydrogen-bond acceptors (Lipinski definition) is 2. The molecule has 0 aromatic rings. The summed E-state index contributed by atoms with van der Waals surface area (Å²) in [6, 6.07) is 0. The molecule has 0 saturated heterocycles. The van der Waals surface area contributed by atoms with Crippen molar-refractivity contribution in [2.24, 2.45) is 5.92 Å². The van der Waals surface area contributed by atoms with Crippen LogP contribution in [0.25, 0.3) is 0 Å². The number of rotatable bonds is 8. The summed E-state index contributed by atoms with van der Waals surface area (Å²) in [5, 5.41) is 2.74. The molecule has 0 heterocycles. The lowest BCUT2D eigenvalue weighted by molar-refractivity contribution is 0.152. The highest BCUT2D eigenvalue weighted by Gasteiger charge is 2.02. The number of carbonyl (C=O) groups excluding carboxylic acids is 1. The Morgan fingerprint density at radius 2 is 2.06 bits per heavy atom. The first-order valence-corrected chi connectivity index (χ1v) is 6.60. The van der Waals surface area contributed by atoms with Crippen LogP contribution in [0.2, 0.25) is 0 Å². The minimum atomic E-state index is -0.301. The summed E-state index contributed by atoms with van der Waals surface area (Å²) in [5.74, 6) is 0.717. The average Bonchev–Trinajstić information content (AvgIpc) is 2.24. The van der Waals surface area contributed by atoms with Crippen LogP contribution < -0.4 is 5.32 Å². The fraction of sp³-hybridized carbons (Fsp3) is 0.786. The van der Waals surface area contributed by atoms with Crippen LogP contribution in [0.4, 0.5) is 4.79 Å². The van der Waals surface area contributed by atoms with Gasteiger partial charge in [-0.1, -0.05) is 18.6 Å². The molecule has 0 spiro atoms. The Morgan fingerprint density at radius 3 is 2.65 bits per heavy atom. The summed E-state index contributed by atoms with van der Waals surface area (Å²) in [6.07, 6.45) is 6.55. The van der Waals surface area contributed by atoms with E-state index in [-0.39, 0.29) is 6.09 Å². The summed E-state index contributed by atoms with van der Waals surface area (Å²) < 4.78 is 4.78. The molecule has 17 heavy (non-hydrogen) atoms. The van der Waals surface area contributed by atoms with Crippen LogP contribution in [0.5, 0.6) is 0 Å². The molecular formula is C14H27NO2. The Labute approximate surface area is 106 Å². The minimum absolute atomic E-state index is 0.301. The minimum Gasteiger partial charge on any atom is -0.450 e. The number of ether oxygens (including phenoxy) is 1. The van der Waals surface area contributed by atoms with Crippen molar-refractivity contribution in [3.05, 3.63) is 11.6 Å². The number of nitrogens with one attached hydrogen (secondary N) is 1. The predicted octanol–water partition coefficient (Wildman–Crippen LogP) is 3.90. The van der Waals surface area contributed by atoms with Gasteiger partial charge in [-0.3, -0.25) is 0 Å². The number of carbonyl (C=O) groups is 1. The maximum atomic E-state index is 11.0. The molecule has 1 amide bonds.